The predicted molar refractivity (Wildman–Crippen MR) is 122 cm³/mol. The normalized spacial score (nSPS) is 13.3. The van der Waals surface area contributed by atoms with E-state index in [4.69, 9.17) is 4.84 Å². The van der Waals surface area contributed by atoms with Crippen molar-refractivity contribution in [3.05, 3.63) is 47.5 Å². The molecule has 5 heteroatoms. The molecule has 0 aromatic heterocycles. The van der Waals surface area contributed by atoms with Gasteiger partial charge in [-0.15, -0.1) is 0 Å². The molecule has 0 N–H and O–H groups in total. The number of hydrogen-bond acceptors (Lipinski definition) is 4. The van der Waals surface area contributed by atoms with Crippen molar-refractivity contribution in [2.75, 3.05) is 0 Å². The van der Waals surface area contributed by atoms with E-state index < -0.39 is 17.8 Å². The number of carbonyl (C=O) groups excluding carboxylic acids is 3. The van der Waals surface area contributed by atoms with Crippen LogP contribution < -0.4 is 0 Å². The van der Waals surface area contributed by atoms with E-state index in [1.807, 2.05) is 0 Å². The van der Waals surface area contributed by atoms with Gasteiger partial charge < -0.3 is 4.84 Å². The van der Waals surface area contributed by atoms with Crippen LogP contribution in [0.15, 0.2) is 36.4 Å². The molecule has 0 spiro atoms. The fourth-order valence-electron chi connectivity index (χ4n) is 3.74. The zero-order valence-corrected chi connectivity index (χ0v) is 18.9. The molecule has 1 heterocycles. The monoisotopic (exact) mass is 427 g/mol. The van der Waals surface area contributed by atoms with Gasteiger partial charge in [0.2, 0.25) is 0 Å². The molecule has 5 nitrogen and oxygen atoms in total. The highest BCUT2D eigenvalue weighted by atomic mass is 16.7. The highest BCUT2D eigenvalue weighted by molar-refractivity contribution is 6.20. The van der Waals surface area contributed by atoms with Crippen LogP contribution in [-0.4, -0.2) is 22.8 Å². The van der Waals surface area contributed by atoms with Crippen LogP contribution in [0.2, 0.25) is 0 Å². The van der Waals surface area contributed by atoms with Crippen molar-refractivity contribution in [3.63, 3.8) is 0 Å². The molecule has 1 aromatic rings. The Morgan fingerprint density at radius 2 is 1.26 bits per heavy atom. The molecule has 2 rings (SSSR count). The average molecular weight is 428 g/mol. The predicted octanol–water partition coefficient (Wildman–Crippen LogP) is 6.78. The summed E-state index contributed by atoms with van der Waals surface area (Å²) in [5.74, 6) is -1.68. The average Bonchev–Trinajstić information content (AvgIpc) is 3.01. The van der Waals surface area contributed by atoms with E-state index in [1.54, 1.807) is 24.3 Å². The summed E-state index contributed by atoms with van der Waals surface area (Å²) in [5.41, 5.74) is 0.558. The number of allylic oxidation sites excluding steroid dienone is 2. The van der Waals surface area contributed by atoms with Crippen LogP contribution >= 0.6 is 0 Å². The topological polar surface area (TPSA) is 63.7 Å². The third-order valence-corrected chi connectivity index (χ3v) is 5.59. The first-order chi connectivity index (χ1) is 15.1. The second kappa shape index (κ2) is 14.6. The number of rotatable bonds is 16. The van der Waals surface area contributed by atoms with Crippen molar-refractivity contribution in [1.29, 1.82) is 0 Å². The largest absolute Gasteiger partial charge is 0.333 e. The van der Waals surface area contributed by atoms with E-state index in [-0.39, 0.29) is 17.5 Å². The highest BCUT2D eigenvalue weighted by Gasteiger charge is 2.38. The molecular weight excluding hydrogens is 390 g/mol. The lowest BCUT2D eigenvalue weighted by atomic mass is 10.1. The summed E-state index contributed by atoms with van der Waals surface area (Å²) < 4.78 is 0. The number of hydrogen-bond donors (Lipinski definition) is 0. The molecular formula is C26H37NO4. The van der Waals surface area contributed by atoms with Crippen LogP contribution in [-0.2, 0) is 9.63 Å². The van der Waals surface area contributed by atoms with E-state index in [0.717, 1.165) is 25.7 Å². The molecule has 0 fully saturated rings. The molecule has 1 aliphatic rings. The maximum Gasteiger partial charge on any atom is 0.333 e. The summed E-state index contributed by atoms with van der Waals surface area (Å²) in [6, 6.07) is 6.49. The summed E-state index contributed by atoms with van der Waals surface area (Å²) in [4.78, 5) is 41.4. The zero-order valence-electron chi connectivity index (χ0n) is 18.9. The smallest absolute Gasteiger partial charge is 0.330 e. The molecule has 0 aliphatic carbocycles. The van der Waals surface area contributed by atoms with Crippen LogP contribution in [0, 0.1) is 0 Å². The molecule has 170 valence electrons. The lowest BCUT2D eigenvalue weighted by Gasteiger charge is -2.12. The number of nitrogens with zero attached hydrogens (tertiary/aromatic N) is 1. The Bertz CT molecular complexity index is 706. The Morgan fingerprint density at radius 3 is 1.81 bits per heavy atom. The first-order valence-electron chi connectivity index (χ1n) is 12.0. The van der Waals surface area contributed by atoms with Crippen LogP contribution in [0.25, 0.3) is 0 Å². The van der Waals surface area contributed by atoms with Crippen molar-refractivity contribution in [2.45, 2.75) is 96.8 Å². The minimum atomic E-state index is -0.571. The summed E-state index contributed by atoms with van der Waals surface area (Å²) in [6.07, 6.45) is 20.3. The van der Waals surface area contributed by atoms with E-state index in [2.05, 4.69) is 19.1 Å². The van der Waals surface area contributed by atoms with Crippen LogP contribution in [0.5, 0.6) is 0 Å². The maximum atomic E-state index is 12.2. The molecule has 0 radical (unpaired) electrons. The van der Waals surface area contributed by atoms with Gasteiger partial charge >= 0.3 is 5.97 Å². The number of imide groups is 1. The second-order valence-corrected chi connectivity index (χ2v) is 8.25. The van der Waals surface area contributed by atoms with Gasteiger partial charge in [0, 0.05) is 6.42 Å². The van der Waals surface area contributed by atoms with E-state index >= 15 is 0 Å². The number of benzene rings is 1. The van der Waals surface area contributed by atoms with Gasteiger partial charge in [-0.3, -0.25) is 9.59 Å². The van der Waals surface area contributed by atoms with Crippen LogP contribution in [0.3, 0.4) is 0 Å². The molecule has 1 aromatic carbocycles. The van der Waals surface area contributed by atoms with Crippen LogP contribution in [0.1, 0.15) is 118 Å². The van der Waals surface area contributed by atoms with Gasteiger partial charge in [0.05, 0.1) is 11.1 Å². The molecule has 0 unspecified atom stereocenters. The van der Waals surface area contributed by atoms with Crippen molar-refractivity contribution in [1.82, 2.24) is 5.06 Å². The quantitative estimate of drug-likeness (QED) is 0.166. The number of amides is 2. The molecule has 0 saturated carbocycles. The van der Waals surface area contributed by atoms with Crippen molar-refractivity contribution in [2.24, 2.45) is 0 Å². The number of fused-ring (bicyclic) bond motifs is 1. The maximum absolute atomic E-state index is 12.2. The lowest BCUT2D eigenvalue weighted by molar-refractivity contribution is -0.168. The number of unbranched alkanes of at least 4 members (excludes halogenated alkanes) is 11. The van der Waals surface area contributed by atoms with Gasteiger partial charge in [-0.1, -0.05) is 87.6 Å². The van der Waals surface area contributed by atoms with E-state index in [1.165, 1.54) is 51.4 Å². The highest BCUT2D eigenvalue weighted by Crippen LogP contribution is 2.23. The standard InChI is InChI=1S/C26H37NO4/c1-2-3-4-5-6-7-8-9-10-11-12-13-14-15-16-21-24(28)31-27-25(29)22-19-17-18-20-23(22)26(27)30/h9-10,17-20H,2-8,11-16,21H2,1H3/b10-9-. The second-order valence-electron chi connectivity index (χ2n) is 8.25. The van der Waals surface area contributed by atoms with Crippen molar-refractivity contribution >= 4 is 17.8 Å². The number of hydroxylamine groups is 2. The minimum absolute atomic E-state index is 0.214. The van der Waals surface area contributed by atoms with Gasteiger partial charge in [-0.25, -0.2) is 4.79 Å². The van der Waals surface area contributed by atoms with Gasteiger partial charge in [-0.2, -0.15) is 0 Å². The molecule has 1 aliphatic heterocycles. The van der Waals surface area contributed by atoms with E-state index in [0.29, 0.717) is 11.5 Å². The molecule has 2 amide bonds. The summed E-state index contributed by atoms with van der Waals surface area (Å²) in [5, 5.41) is 0.588. The first kappa shape index (κ1) is 24.8. The SMILES string of the molecule is CCCCCCCC/C=C\CCCCCCCC(=O)ON1C(=O)c2ccccc2C1=O. The Morgan fingerprint density at radius 1 is 0.774 bits per heavy atom. The van der Waals surface area contributed by atoms with Crippen molar-refractivity contribution < 1.29 is 19.2 Å². The Labute approximate surface area is 186 Å². The van der Waals surface area contributed by atoms with Gasteiger partial charge in [-0.05, 0) is 44.2 Å². The lowest BCUT2D eigenvalue weighted by Crippen LogP contribution is -2.32. The third kappa shape index (κ3) is 8.68. The van der Waals surface area contributed by atoms with E-state index in [9.17, 15) is 14.4 Å². The third-order valence-electron chi connectivity index (χ3n) is 5.59. The molecule has 0 bridgehead atoms. The summed E-state index contributed by atoms with van der Waals surface area (Å²) >= 11 is 0. The zero-order chi connectivity index (χ0) is 22.3. The Hall–Kier alpha value is -2.43. The van der Waals surface area contributed by atoms with Gasteiger partial charge in [0.15, 0.2) is 0 Å². The Kier molecular flexibility index (Phi) is 11.7. The fraction of sp³-hybridized carbons (Fsp3) is 0.577. The van der Waals surface area contributed by atoms with Crippen LogP contribution in [0.4, 0.5) is 0 Å². The molecule has 0 saturated heterocycles. The fourth-order valence-corrected chi connectivity index (χ4v) is 3.74. The van der Waals surface area contributed by atoms with Gasteiger partial charge in [0.25, 0.3) is 11.8 Å². The number of carbonyl (C=O) groups is 3. The summed E-state index contributed by atoms with van der Waals surface area (Å²) in [6.45, 7) is 2.25. The minimum Gasteiger partial charge on any atom is -0.330 e. The Balaban J connectivity index is 1.45. The molecule has 31 heavy (non-hydrogen) atoms. The first-order valence-corrected chi connectivity index (χ1v) is 12.0. The molecule has 0 atom stereocenters. The van der Waals surface area contributed by atoms with Gasteiger partial charge in [0.1, 0.15) is 0 Å². The van der Waals surface area contributed by atoms with Crippen molar-refractivity contribution in [3.8, 4) is 0 Å². The summed E-state index contributed by atoms with van der Waals surface area (Å²) in [7, 11) is 0.